The zero-order valence-corrected chi connectivity index (χ0v) is 24.0. The Morgan fingerprint density at radius 3 is 2.64 bits per heavy atom. The van der Waals surface area contributed by atoms with Crippen LogP contribution in [-0.4, -0.2) is 39.6 Å². The van der Waals surface area contributed by atoms with E-state index in [9.17, 15) is 21.6 Å². The number of hydrogen-bond acceptors (Lipinski definition) is 6. The molecule has 1 fully saturated rings. The Kier molecular flexibility index (Phi) is 8.45. The summed E-state index contributed by atoms with van der Waals surface area (Å²) in [7, 11) is -2.25. The molecule has 0 aliphatic carbocycles. The van der Waals surface area contributed by atoms with Crippen molar-refractivity contribution in [2.24, 2.45) is 0 Å². The maximum atomic E-state index is 13.6. The third-order valence-electron chi connectivity index (χ3n) is 5.20. The fraction of sp³-hybridized carbons (Fsp3) is 0.273. The molecule has 5 nitrogen and oxygen atoms in total. The first-order valence-corrected chi connectivity index (χ1v) is 15.0. The number of benzene rings is 2. The van der Waals surface area contributed by atoms with Gasteiger partial charge in [-0.15, -0.1) is 11.3 Å². The van der Waals surface area contributed by atoms with Crippen molar-refractivity contribution < 1.29 is 26.3 Å². The second kappa shape index (κ2) is 10.9. The van der Waals surface area contributed by atoms with Crippen LogP contribution in [0, 0.1) is 0 Å². The van der Waals surface area contributed by atoms with Gasteiger partial charge in [0.1, 0.15) is 16.1 Å². The summed E-state index contributed by atoms with van der Waals surface area (Å²) in [6.45, 7) is 1.18. The first-order valence-electron chi connectivity index (χ1n) is 10.3. The maximum Gasteiger partial charge on any atom is 0.419 e. The second-order valence-electron chi connectivity index (χ2n) is 7.96. The molecule has 0 saturated carbocycles. The lowest BCUT2D eigenvalue weighted by Gasteiger charge is -2.19. The van der Waals surface area contributed by atoms with Crippen molar-refractivity contribution in [2.45, 2.75) is 32.0 Å². The van der Waals surface area contributed by atoms with Gasteiger partial charge in [-0.3, -0.25) is 4.72 Å². The van der Waals surface area contributed by atoms with Gasteiger partial charge in [0.25, 0.3) is 10.0 Å². The van der Waals surface area contributed by atoms with Crippen LogP contribution >= 0.6 is 62.2 Å². The molecule has 0 amide bonds. The molecule has 194 valence electrons. The molecular weight excluding hydrogens is 644 g/mol. The Balaban J connectivity index is 1.59. The molecule has 0 radical (unpaired) electrons. The van der Waals surface area contributed by atoms with Crippen LogP contribution in [-0.2, 0) is 16.2 Å². The van der Waals surface area contributed by atoms with Crippen molar-refractivity contribution in [1.82, 2.24) is 4.90 Å². The van der Waals surface area contributed by atoms with E-state index < -0.39 is 33.6 Å². The predicted octanol–water partition coefficient (Wildman–Crippen LogP) is 7.87. The summed E-state index contributed by atoms with van der Waals surface area (Å²) in [6, 6.07) is 9.50. The molecule has 3 aromatic rings. The van der Waals surface area contributed by atoms with Gasteiger partial charge in [-0.25, -0.2) is 8.42 Å². The number of hydrogen-bond donors (Lipinski definition) is 1. The number of likely N-dealkylation sites (N-methyl/N-ethyl adjacent to an activating group) is 1. The SMILES string of the molecule is CN1CC[C@@H](Oc2cc(NS(=O)(=O)c3cc(Br)c(Sc4cccc(Cl)c4Cl)s3)ccc2C(F)(F)F)C1. The van der Waals surface area contributed by atoms with Gasteiger partial charge in [0.05, 0.1) is 25.5 Å². The summed E-state index contributed by atoms with van der Waals surface area (Å²) in [5, 5.41) is 0.714. The zero-order valence-electron chi connectivity index (χ0n) is 18.4. The largest absolute Gasteiger partial charge is 0.488 e. The molecule has 2 aromatic carbocycles. The highest BCUT2D eigenvalue weighted by Crippen LogP contribution is 2.45. The van der Waals surface area contributed by atoms with Gasteiger partial charge in [-0.2, -0.15) is 13.2 Å². The molecule has 0 spiro atoms. The van der Waals surface area contributed by atoms with Crippen molar-refractivity contribution in [3.8, 4) is 5.75 Å². The van der Waals surface area contributed by atoms with E-state index in [4.69, 9.17) is 27.9 Å². The first-order chi connectivity index (χ1) is 16.8. The van der Waals surface area contributed by atoms with Crippen molar-refractivity contribution in [2.75, 3.05) is 24.9 Å². The van der Waals surface area contributed by atoms with E-state index in [-0.39, 0.29) is 9.90 Å². The summed E-state index contributed by atoms with van der Waals surface area (Å²) in [5.74, 6) is -0.415. The van der Waals surface area contributed by atoms with Crippen molar-refractivity contribution in [3.05, 3.63) is 62.5 Å². The summed E-state index contributed by atoms with van der Waals surface area (Å²) >= 11 is 17.9. The molecule has 1 saturated heterocycles. The highest BCUT2D eigenvalue weighted by atomic mass is 79.9. The van der Waals surface area contributed by atoms with Crippen LogP contribution in [0.5, 0.6) is 5.75 Å². The average Bonchev–Trinajstić information content (AvgIpc) is 3.36. The molecule has 1 aliphatic rings. The van der Waals surface area contributed by atoms with Crippen LogP contribution in [0.2, 0.25) is 10.0 Å². The lowest BCUT2D eigenvalue weighted by Crippen LogP contribution is -2.23. The van der Waals surface area contributed by atoms with Gasteiger partial charge in [0.2, 0.25) is 0 Å². The van der Waals surface area contributed by atoms with E-state index in [0.29, 0.717) is 43.1 Å². The number of sulfonamides is 1. The predicted molar refractivity (Wildman–Crippen MR) is 141 cm³/mol. The number of anilines is 1. The molecule has 14 heteroatoms. The molecule has 1 aliphatic heterocycles. The van der Waals surface area contributed by atoms with E-state index in [2.05, 4.69) is 20.7 Å². The number of ether oxygens (including phenoxy) is 1. The number of thiophene rings is 1. The lowest BCUT2D eigenvalue weighted by molar-refractivity contribution is -0.139. The Labute approximate surface area is 233 Å². The quantitative estimate of drug-likeness (QED) is 0.279. The highest BCUT2D eigenvalue weighted by Gasteiger charge is 2.36. The standard InChI is InChI=1S/C22H18BrCl2F3N2O3S3/c1-30-8-7-13(11-30)33-17-9-12(5-6-14(17)22(26,27)28)29-36(31,32)19-10-15(23)21(35-19)34-18-4-2-3-16(24)20(18)25/h2-6,9-10,13,29H,7-8,11H2,1H3/t13-/m1/s1. The monoisotopic (exact) mass is 660 g/mol. The van der Waals surface area contributed by atoms with Crippen LogP contribution in [0.1, 0.15) is 12.0 Å². The molecule has 1 aromatic heterocycles. The van der Waals surface area contributed by atoms with Crippen molar-refractivity contribution >= 4 is 77.9 Å². The lowest BCUT2D eigenvalue weighted by atomic mass is 10.1. The van der Waals surface area contributed by atoms with E-state index in [1.165, 1.54) is 17.8 Å². The summed E-state index contributed by atoms with van der Waals surface area (Å²) in [5.41, 5.74) is -1.00. The minimum absolute atomic E-state index is 0.0326. The number of likely N-dealkylation sites (tertiary alicyclic amines) is 1. The Bertz CT molecular complexity index is 1390. The normalized spacial score (nSPS) is 16.9. The van der Waals surface area contributed by atoms with E-state index in [1.807, 2.05) is 11.9 Å². The summed E-state index contributed by atoms with van der Waals surface area (Å²) in [4.78, 5) is 2.59. The number of nitrogens with one attached hydrogen (secondary N) is 1. The number of nitrogens with zero attached hydrogens (tertiary/aromatic N) is 1. The number of rotatable bonds is 7. The fourth-order valence-corrected chi connectivity index (χ4v) is 8.69. The van der Waals surface area contributed by atoms with Crippen molar-refractivity contribution in [3.63, 3.8) is 0 Å². The first kappa shape index (κ1) is 27.9. The van der Waals surface area contributed by atoms with Gasteiger partial charge in [-0.1, -0.05) is 41.0 Å². The number of alkyl halides is 3. The van der Waals surface area contributed by atoms with Crippen LogP contribution < -0.4 is 9.46 Å². The smallest absolute Gasteiger partial charge is 0.419 e. The average molecular weight is 662 g/mol. The fourth-order valence-electron chi connectivity index (χ4n) is 3.49. The van der Waals surface area contributed by atoms with Crippen molar-refractivity contribution in [1.29, 1.82) is 0 Å². The highest BCUT2D eigenvalue weighted by molar-refractivity contribution is 9.10. The second-order valence-corrected chi connectivity index (χ2v) is 13.9. The minimum Gasteiger partial charge on any atom is -0.488 e. The molecule has 0 unspecified atom stereocenters. The van der Waals surface area contributed by atoms with Gasteiger partial charge in [-0.05, 0) is 59.7 Å². The van der Waals surface area contributed by atoms with Gasteiger partial charge < -0.3 is 9.64 Å². The molecule has 36 heavy (non-hydrogen) atoms. The van der Waals surface area contributed by atoms with E-state index in [1.54, 1.807) is 18.2 Å². The molecule has 2 heterocycles. The van der Waals surface area contributed by atoms with E-state index in [0.717, 1.165) is 29.5 Å². The summed E-state index contributed by atoms with van der Waals surface area (Å²) in [6.07, 6.45) is -4.50. The van der Waals surface area contributed by atoms with Crippen LogP contribution in [0.4, 0.5) is 18.9 Å². The Morgan fingerprint density at radius 2 is 1.97 bits per heavy atom. The topological polar surface area (TPSA) is 58.6 Å². The van der Waals surface area contributed by atoms with Crippen LogP contribution in [0.15, 0.2) is 60.3 Å². The minimum atomic E-state index is -4.65. The Hall–Kier alpha value is -1.15. The van der Waals surface area contributed by atoms with E-state index >= 15 is 0 Å². The zero-order chi connectivity index (χ0) is 26.3. The Morgan fingerprint density at radius 1 is 1.22 bits per heavy atom. The molecule has 1 atom stereocenters. The molecule has 0 bridgehead atoms. The van der Waals surface area contributed by atoms with Crippen LogP contribution in [0.3, 0.4) is 0 Å². The number of halogens is 6. The third-order valence-corrected chi connectivity index (χ3v) is 11.5. The van der Waals surface area contributed by atoms with Gasteiger partial charge in [0.15, 0.2) is 0 Å². The van der Waals surface area contributed by atoms with Gasteiger partial charge in [0, 0.05) is 28.5 Å². The maximum absolute atomic E-state index is 13.6. The molecule has 1 N–H and O–H groups in total. The molecule has 4 rings (SSSR count). The third kappa shape index (κ3) is 6.46. The van der Waals surface area contributed by atoms with Gasteiger partial charge >= 0.3 is 6.18 Å². The summed E-state index contributed by atoms with van der Waals surface area (Å²) < 4.78 is 75.9. The molecular formula is C22H18BrCl2F3N2O3S3. The van der Waals surface area contributed by atoms with Crippen LogP contribution in [0.25, 0.3) is 0 Å².